The van der Waals surface area contributed by atoms with Crippen LogP contribution in [0.1, 0.15) is 26.7 Å². The fourth-order valence-corrected chi connectivity index (χ4v) is 1.22. The van der Waals surface area contributed by atoms with Gasteiger partial charge in [-0.25, -0.2) is 4.99 Å². The molecule has 0 aliphatic heterocycles. The minimum absolute atomic E-state index is 0.0975. The van der Waals surface area contributed by atoms with Crippen molar-refractivity contribution in [2.75, 3.05) is 39.9 Å². The zero-order chi connectivity index (χ0) is 13.6. The second-order valence-corrected chi connectivity index (χ2v) is 3.82. The van der Waals surface area contributed by atoms with E-state index in [0.29, 0.717) is 19.1 Å². The van der Waals surface area contributed by atoms with E-state index >= 15 is 0 Å². The zero-order valence-corrected chi connectivity index (χ0v) is 11.7. The Balaban J connectivity index is 3.93. The van der Waals surface area contributed by atoms with Gasteiger partial charge in [0.05, 0.1) is 6.61 Å². The number of rotatable bonds is 9. The maximum Gasteiger partial charge on any atom is 0.241 e. The van der Waals surface area contributed by atoms with Crippen LogP contribution in [0, 0.1) is 0 Å². The van der Waals surface area contributed by atoms with Gasteiger partial charge in [0.1, 0.15) is 6.54 Å². The van der Waals surface area contributed by atoms with Crippen LogP contribution in [0.5, 0.6) is 0 Å². The first-order valence-electron chi connectivity index (χ1n) is 6.52. The summed E-state index contributed by atoms with van der Waals surface area (Å²) in [6, 6.07) is 0. The van der Waals surface area contributed by atoms with Crippen molar-refractivity contribution >= 4 is 11.9 Å². The number of amides is 1. The Morgan fingerprint density at radius 3 is 2.56 bits per heavy atom. The summed E-state index contributed by atoms with van der Waals surface area (Å²) in [6.45, 7) is 6.95. The van der Waals surface area contributed by atoms with Gasteiger partial charge < -0.3 is 20.7 Å². The first-order chi connectivity index (χ1) is 8.74. The normalized spacial score (nSPS) is 11.2. The molecule has 0 saturated carbocycles. The summed E-state index contributed by atoms with van der Waals surface area (Å²) in [6.07, 6.45) is 2.22. The predicted molar refractivity (Wildman–Crippen MR) is 73.8 cm³/mol. The molecule has 106 valence electrons. The molecule has 0 heterocycles. The average Bonchev–Trinajstić information content (AvgIpc) is 2.36. The number of carbonyl (C=O) groups excluding carboxylic acids is 1. The summed E-state index contributed by atoms with van der Waals surface area (Å²) in [5, 5.41) is 9.00. The molecule has 0 unspecified atom stereocenters. The molecule has 6 nitrogen and oxygen atoms in total. The number of nitrogens with zero attached hydrogens (tertiary/aromatic N) is 1. The van der Waals surface area contributed by atoms with E-state index in [9.17, 15) is 4.79 Å². The van der Waals surface area contributed by atoms with Crippen molar-refractivity contribution in [3.05, 3.63) is 0 Å². The van der Waals surface area contributed by atoms with Crippen molar-refractivity contribution in [3.8, 4) is 0 Å². The highest BCUT2D eigenvalue weighted by Gasteiger charge is 2.00. The second kappa shape index (κ2) is 12.2. The van der Waals surface area contributed by atoms with E-state index in [1.807, 2.05) is 6.92 Å². The standard InChI is InChI=1S/C12H26N4O2/c1-4-6-7-15-12(13-5-2)16-10-11(17)14-8-9-18-3/h4-10H2,1-3H3,(H,14,17)(H2,13,15,16). The number of aliphatic imine (C=N–C) groups is 1. The van der Waals surface area contributed by atoms with Crippen LogP contribution in [-0.4, -0.2) is 51.8 Å². The van der Waals surface area contributed by atoms with Gasteiger partial charge in [0.2, 0.25) is 5.91 Å². The molecule has 3 N–H and O–H groups in total. The predicted octanol–water partition coefficient (Wildman–Crippen LogP) is 0.104. The van der Waals surface area contributed by atoms with Crippen LogP contribution in [0.25, 0.3) is 0 Å². The highest BCUT2D eigenvalue weighted by atomic mass is 16.5. The molecule has 0 atom stereocenters. The van der Waals surface area contributed by atoms with Crippen molar-refractivity contribution in [2.24, 2.45) is 4.99 Å². The molecule has 0 fully saturated rings. The zero-order valence-electron chi connectivity index (χ0n) is 11.7. The van der Waals surface area contributed by atoms with Gasteiger partial charge in [0.15, 0.2) is 5.96 Å². The molecule has 18 heavy (non-hydrogen) atoms. The fourth-order valence-electron chi connectivity index (χ4n) is 1.22. The van der Waals surface area contributed by atoms with Crippen LogP contribution in [-0.2, 0) is 9.53 Å². The van der Waals surface area contributed by atoms with E-state index in [2.05, 4.69) is 27.9 Å². The van der Waals surface area contributed by atoms with Gasteiger partial charge in [-0.3, -0.25) is 4.79 Å². The minimum atomic E-state index is -0.0975. The molecule has 0 aliphatic carbocycles. The molecular weight excluding hydrogens is 232 g/mol. The molecule has 0 spiro atoms. The maximum absolute atomic E-state index is 11.4. The molecule has 0 saturated heterocycles. The Morgan fingerprint density at radius 2 is 1.94 bits per heavy atom. The summed E-state index contributed by atoms with van der Waals surface area (Å²) >= 11 is 0. The molecule has 0 bridgehead atoms. The minimum Gasteiger partial charge on any atom is -0.383 e. The molecule has 0 aliphatic rings. The Morgan fingerprint density at radius 1 is 1.17 bits per heavy atom. The second-order valence-electron chi connectivity index (χ2n) is 3.82. The number of guanidine groups is 1. The lowest BCUT2D eigenvalue weighted by atomic mass is 10.3. The Kier molecular flexibility index (Phi) is 11.3. The summed E-state index contributed by atoms with van der Waals surface area (Å²) in [4.78, 5) is 15.6. The average molecular weight is 258 g/mol. The lowest BCUT2D eigenvalue weighted by molar-refractivity contribution is -0.119. The number of ether oxygens (including phenoxy) is 1. The van der Waals surface area contributed by atoms with Crippen molar-refractivity contribution in [1.82, 2.24) is 16.0 Å². The van der Waals surface area contributed by atoms with Crippen LogP contribution >= 0.6 is 0 Å². The summed E-state index contributed by atoms with van der Waals surface area (Å²) < 4.78 is 4.85. The number of unbranched alkanes of at least 4 members (excludes halogenated alkanes) is 1. The summed E-state index contributed by atoms with van der Waals surface area (Å²) in [5.74, 6) is 0.590. The third-order valence-electron chi connectivity index (χ3n) is 2.18. The number of hydrogen-bond donors (Lipinski definition) is 3. The van der Waals surface area contributed by atoms with Gasteiger partial charge in [-0.15, -0.1) is 0 Å². The van der Waals surface area contributed by atoms with Crippen LogP contribution in [0.15, 0.2) is 4.99 Å². The molecule has 0 radical (unpaired) electrons. The molecule has 6 heteroatoms. The highest BCUT2D eigenvalue weighted by Crippen LogP contribution is 1.83. The van der Waals surface area contributed by atoms with E-state index in [0.717, 1.165) is 25.9 Å². The first-order valence-corrected chi connectivity index (χ1v) is 6.52. The van der Waals surface area contributed by atoms with Gasteiger partial charge in [0, 0.05) is 26.7 Å². The first kappa shape index (κ1) is 16.7. The van der Waals surface area contributed by atoms with Gasteiger partial charge in [0.25, 0.3) is 0 Å². The van der Waals surface area contributed by atoms with Crippen LogP contribution in [0.4, 0.5) is 0 Å². The van der Waals surface area contributed by atoms with E-state index in [-0.39, 0.29) is 12.5 Å². The molecule has 0 rings (SSSR count). The third kappa shape index (κ3) is 9.89. The monoisotopic (exact) mass is 258 g/mol. The largest absolute Gasteiger partial charge is 0.383 e. The van der Waals surface area contributed by atoms with Crippen molar-refractivity contribution in [2.45, 2.75) is 26.7 Å². The Hall–Kier alpha value is -1.30. The highest BCUT2D eigenvalue weighted by molar-refractivity contribution is 5.84. The quantitative estimate of drug-likeness (QED) is 0.312. The topological polar surface area (TPSA) is 74.8 Å². The number of hydrogen-bond acceptors (Lipinski definition) is 3. The molecule has 0 aromatic heterocycles. The van der Waals surface area contributed by atoms with Gasteiger partial charge in [-0.1, -0.05) is 13.3 Å². The Labute approximate surface area is 110 Å². The third-order valence-corrected chi connectivity index (χ3v) is 2.18. The van der Waals surface area contributed by atoms with E-state index in [1.165, 1.54) is 0 Å². The van der Waals surface area contributed by atoms with E-state index in [4.69, 9.17) is 4.74 Å². The van der Waals surface area contributed by atoms with Crippen molar-refractivity contribution < 1.29 is 9.53 Å². The van der Waals surface area contributed by atoms with E-state index < -0.39 is 0 Å². The molecule has 0 aromatic carbocycles. The molecule has 0 aromatic rings. The molecular formula is C12H26N4O2. The Bertz CT molecular complexity index is 244. The van der Waals surface area contributed by atoms with Gasteiger partial charge in [-0.2, -0.15) is 0 Å². The smallest absolute Gasteiger partial charge is 0.241 e. The van der Waals surface area contributed by atoms with E-state index in [1.54, 1.807) is 7.11 Å². The lowest BCUT2D eigenvalue weighted by Gasteiger charge is -2.10. The maximum atomic E-state index is 11.4. The SMILES string of the molecule is CCCCNC(=NCC(=O)NCCOC)NCC. The van der Waals surface area contributed by atoms with Crippen molar-refractivity contribution in [1.29, 1.82) is 0 Å². The van der Waals surface area contributed by atoms with Crippen LogP contribution < -0.4 is 16.0 Å². The summed E-state index contributed by atoms with van der Waals surface area (Å²) in [5.41, 5.74) is 0. The van der Waals surface area contributed by atoms with Gasteiger partial charge in [-0.05, 0) is 13.3 Å². The number of carbonyl (C=O) groups is 1. The summed E-state index contributed by atoms with van der Waals surface area (Å²) in [7, 11) is 1.60. The van der Waals surface area contributed by atoms with Gasteiger partial charge >= 0.3 is 0 Å². The molecule has 1 amide bonds. The van der Waals surface area contributed by atoms with Crippen LogP contribution in [0.2, 0.25) is 0 Å². The fraction of sp³-hybridized carbons (Fsp3) is 0.833. The van der Waals surface area contributed by atoms with Crippen LogP contribution in [0.3, 0.4) is 0 Å². The number of methoxy groups -OCH3 is 1. The van der Waals surface area contributed by atoms with Crippen molar-refractivity contribution in [3.63, 3.8) is 0 Å². The number of nitrogens with one attached hydrogen (secondary N) is 3. The lowest BCUT2D eigenvalue weighted by Crippen LogP contribution is -2.39.